The molecule has 1 heterocycles. The number of nitrogens with zero attached hydrogens (tertiary/aromatic N) is 2. The van der Waals surface area contributed by atoms with Crippen molar-refractivity contribution in [2.45, 2.75) is 31.8 Å². The van der Waals surface area contributed by atoms with Crippen LogP contribution < -0.4 is 10.1 Å². The normalized spacial score (nSPS) is 10.9. The Labute approximate surface area is 170 Å². The molecule has 1 N–H and O–H groups in total. The highest BCUT2D eigenvalue weighted by Crippen LogP contribution is 2.28. The van der Waals surface area contributed by atoms with Gasteiger partial charge in [-0.25, -0.2) is 4.98 Å². The maximum absolute atomic E-state index is 12.6. The second-order valence-electron chi connectivity index (χ2n) is 6.81. The van der Waals surface area contributed by atoms with Crippen LogP contribution in [0.3, 0.4) is 0 Å². The van der Waals surface area contributed by atoms with E-state index < -0.39 is 0 Å². The SMILES string of the molecule is COc1ccc(-n2ccnc2SCC(=O)Nc2c(C)cccc2C(C)C)cc1. The highest BCUT2D eigenvalue weighted by Gasteiger charge is 2.14. The number of carbonyl (C=O) groups is 1. The lowest BCUT2D eigenvalue weighted by molar-refractivity contribution is -0.113. The van der Waals surface area contributed by atoms with Crippen molar-refractivity contribution in [2.24, 2.45) is 0 Å². The number of rotatable bonds is 7. The number of benzene rings is 2. The van der Waals surface area contributed by atoms with Gasteiger partial charge in [-0.1, -0.05) is 43.8 Å². The van der Waals surface area contributed by atoms with Gasteiger partial charge in [0.05, 0.1) is 12.9 Å². The van der Waals surface area contributed by atoms with Crippen molar-refractivity contribution in [3.8, 4) is 11.4 Å². The Bertz CT molecular complexity index is 949. The van der Waals surface area contributed by atoms with Crippen LogP contribution in [0.15, 0.2) is 60.0 Å². The fourth-order valence-electron chi connectivity index (χ4n) is 2.98. The van der Waals surface area contributed by atoms with Gasteiger partial charge in [-0.15, -0.1) is 0 Å². The van der Waals surface area contributed by atoms with Crippen LogP contribution in [0.1, 0.15) is 30.9 Å². The van der Waals surface area contributed by atoms with Crippen LogP contribution in [0.2, 0.25) is 0 Å². The van der Waals surface area contributed by atoms with E-state index in [1.54, 1.807) is 13.3 Å². The maximum Gasteiger partial charge on any atom is 0.234 e. The molecule has 1 amide bonds. The van der Waals surface area contributed by atoms with Crippen molar-refractivity contribution in [1.82, 2.24) is 9.55 Å². The number of anilines is 1. The number of imidazole rings is 1. The zero-order valence-electron chi connectivity index (χ0n) is 16.6. The first-order valence-electron chi connectivity index (χ1n) is 9.19. The predicted octanol–water partition coefficient (Wildman–Crippen LogP) is 5.04. The minimum atomic E-state index is -0.0366. The molecular formula is C22H25N3O2S. The minimum absolute atomic E-state index is 0.0366. The largest absolute Gasteiger partial charge is 0.497 e. The van der Waals surface area contributed by atoms with Crippen molar-refractivity contribution in [1.29, 1.82) is 0 Å². The highest BCUT2D eigenvalue weighted by atomic mass is 32.2. The summed E-state index contributed by atoms with van der Waals surface area (Å²) in [5.41, 5.74) is 4.12. The fraction of sp³-hybridized carbons (Fsp3) is 0.273. The molecule has 0 bridgehead atoms. The van der Waals surface area contributed by atoms with Gasteiger partial charge in [-0.3, -0.25) is 9.36 Å². The average molecular weight is 396 g/mol. The summed E-state index contributed by atoms with van der Waals surface area (Å²) in [5, 5.41) is 3.86. The van der Waals surface area contributed by atoms with Gasteiger partial charge in [0.2, 0.25) is 5.91 Å². The molecule has 28 heavy (non-hydrogen) atoms. The molecule has 0 spiro atoms. The maximum atomic E-state index is 12.6. The zero-order valence-corrected chi connectivity index (χ0v) is 17.4. The third-order valence-corrected chi connectivity index (χ3v) is 5.45. The number of para-hydroxylation sites is 1. The van der Waals surface area contributed by atoms with Gasteiger partial charge in [0, 0.05) is 23.8 Å². The summed E-state index contributed by atoms with van der Waals surface area (Å²) in [6, 6.07) is 13.9. The van der Waals surface area contributed by atoms with E-state index in [4.69, 9.17) is 4.74 Å². The van der Waals surface area contributed by atoms with Gasteiger partial charge in [0.1, 0.15) is 5.75 Å². The Morgan fingerprint density at radius 2 is 1.96 bits per heavy atom. The monoisotopic (exact) mass is 395 g/mol. The Morgan fingerprint density at radius 3 is 2.64 bits per heavy atom. The summed E-state index contributed by atoms with van der Waals surface area (Å²) in [6.45, 7) is 6.28. The number of aryl methyl sites for hydroxylation is 1. The molecule has 0 atom stereocenters. The van der Waals surface area contributed by atoms with E-state index in [0.717, 1.165) is 33.4 Å². The standard InChI is InChI=1S/C22H25N3O2S/c1-15(2)19-7-5-6-16(3)21(19)24-20(26)14-28-22-23-12-13-25(22)17-8-10-18(27-4)11-9-17/h5-13,15H,14H2,1-4H3,(H,24,26). The third-order valence-electron chi connectivity index (χ3n) is 4.48. The van der Waals surface area contributed by atoms with Gasteiger partial charge >= 0.3 is 0 Å². The molecule has 0 aliphatic rings. The molecule has 1 aromatic heterocycles. The van der Waals surface area contributed by atoms with E-state index in [1.807, 2.05) is 54.1 Å². The number of hydrogen-bond acceptors (Lipinski definition) is 4. The molecule has 0 aliphatic heterocycles. The number of thioether (sulfide) groups is 1. The van der Waals surface area contributed by atoms with Crippen LogP contribution in [0.4, 0.5) is 5.69 Å². The molecule has 0 unspecified atom stereocenters. The first-order chi connectivity index (χ1) is 13.5. The summed E-state index contributed by atoms with van der Waals surface area (Å²) in [7, 11) is 1.64. The van der Waals surface area contributed by atoms with Gasteiger partial charge in [0.25, 0.3) is 0 Å². The summed E-state index contributed by atoms with van der Waals surface area (Å²) in [5.74, 6) is 1.40. The second-order valence-corrected chi connectivity index (χ2v) is 7.75. The summed E-state index contributed by atoms with van der Waals surface area (Å²) < 4.78 is 7.17. The topological polar surface area (TPSA) is 56.2 Å². The second kappa shape index (κ2) is 8.97. The van der Waals surface area contributed by atoms with E-state index in [-0.39, 0.29) is 5.91 Å². The Balaban J connectivity index is 1.69. The number of ether oxygens (including phenoxy) is 1. The van der Waals surface area contributed by atoms with Crippen LogP contribution in [0.5, 0.6) is 5.75 Å². The molecule has 0 fully saturated rings. The molecule has 0 radical (unpaired) electrons. The summed E-state index contributed by atoms with van der Waals surface area (Å²) in [4.78, 5) is 17.0. The van der Waals surface area contributed by atoms with E-state index in [9.17, 15) is 4.79 Å². The molecule has 0 saturated heterocycles. The summed E-state index contributed by atoms with van der Waals surface area (Å²) in [6.07, 6.45) is 3.63. The molecule has 6 heteroatoms. The van der Waals surface area contributed by atoms with E-state index in [2.05, 4.69) is 30.2 Å². The van der Waals surface area contributed by atoms with Crippen molar-refractivity contribution in [3.63, 3.8) is 0 Å². The molecule has 3 aromatic rings. The fourth-order valence-corrected chi connectivity index (χ4v) is 3.76. The van der Waals surface area contributed by atoms with Crippen molar-refractivity contribution >= 4 is 23.4 Å². The summed E-state index contributed by atoms with van der Waals surface area (Å²) >= 11 is 1.41. The van der Waals surface area contributed by atoms with Crippen molar-refractivity contribution < 1.29 is 9.53 Å². The number of methoxy groups -OCH3 is 1. The molecule has 2 aromatic carbocycles. The number of hydrogen-bond donors (Lipinski definition) is 1. The minimum Gasteiger partial charge on any atom is -0.497 e. The Morgan fingerprint density at radius 1 is 1.21 bits per heavy atom. The van der Waals surface area contributed by atoms with E-state index in [1.165, 1.54) is 11.8 Å². The van der Waals surface area contributed by atoms with Crippen LogP contribution in [0, 0.1) is 6.92 Å². The lowest BCUT2D eigenvalue weighted by atomic mass is 9.98. The predicted molar refractivity (Wildman–Crippen MR) is 115 cm³/mol. The number of nitrogens with one attached hydrogen (secondary N) is 1. The third kappa shape index (κ3) is 4.57. The molecule has 3 rings (SSSR count). The number of aromatic nitrogens is 2. The van der Waals surface area contributed by atoms with Crippen LogP contribution in [-0.2, 0) is 4.79 Å². The molecule has 146 valence electrons. The zero-order chi connectivity index (χ0) is 20.1. The molecule has 5 nitrogen and oxygen atoms in total. The van der Waals surface area contributed by atoms with Crippen LogP contribution in [0.25, 0.3) is 5.69 Å². The van der Waals surface area contributed by atoms with Crippen molar-refractivity contribution in [3.05, 3.63) is 66.0 Å². The molecule has 0 aliphatic carbocycles. The van der Waals surface area contributed by atoms with Gasteiger partial charge in [-0.05, 0) is 48.2 Å². The molecule has 0 saturated carbocycles. The van der Waals surface area contributed by atoms with E-state index in [0.29, 0.717) is 11.7 Å². The number of carbonyl (C=O) groups excluding carboxylic acids is 1. The van der Waals surface area contributed by atoms with Gasteiger partial charge < -0.3 is 10.1 Å². The van der Waals surface area contributed by atoms with Crippen LogP contribution in [-0.4, -0.2) is 28.3 Å². The lowest BCUT2D eigenvalue weighted by Gasteiger charge is -2.16. The Kier molecular flexibility index (Phi) is 6.41. The van der Waals surface area contributed by atoms with Gasteiger partial charge in [-0.2, -0.15) is 0 Å². The smallest absolute Gasteiger partial charge is 0.234 e. The molecular weight excluding hydrogens is 370 g/mol. The first kappa shape index (κ1) is 20.0. The van der Waals surface area contributed by atoms with Crippen molar-refractivity contribution in [2.75, 3.05) is 18.2 Å². The van der Waals surface area contributed by atoms with Crippen LogP contribution >= 0.6 is 11.8 Å². The quantitative estimate of drug-likeness (QED) is 0.569. The average Bonchev–Trinajstić information content (AvgIpc) is 3.16. The Hall–Kier alpha value is -2.73. The highest BCUT2D eigenvalue weighted by molar-refractivity contribution is 7.99. The number of amides is 1. The van der Waals surface area contributed by atoms with E-state index >= 15 is 0 Å². The van der Waals surface area contributed by atoms with Gasteiger partial charge in [0.15, 0.2) is 5.16 Å². The first-order valence-corrected chi connectivity index (χ1v) is 10.2. The lowest BCUT2D eigenvalue weighted by Crippen LogP contribution is -2.17.